The first-order valence-corrected chi connectivity index (χ1v) is 6.23. The standard InChI is InChI=1S/C14H12F3N3O2/c15-14(16,17)9-19-13(21)20-10-4-3-5-11(8-10)22-12-6-1-2-7-18-12/h1-8H,9H2,(H2,19,20,21). The number of hydrogen-bond donors (Lipinski definition) is 2. The van der Waals surface area contributed by atoms with E-state index in [-0.39, 0.29) is 0 Å². The van der Waals surface area contributed by atoms with Gasteiger partial charge >= 0.3 is 12.2 Å². The molecule has 0 radical (unpaired) electrons. The van der Waals surface area contributed by atoms with Crippen LogP contribution in [0.4, 0.5) is 23.7 Å². The van der Waals surface area contributed by atoms with Crippen LogP contribution in [-0.4, -0.2) is 23.7 Å². The van der Waals surface area contributed by atoms with E-state index in [4.69, 9.17) is 4.74 Å². The maximum atomic E-state index is 12.0. The molecule has 1 heterocycles. The number of pyridine rings is 1. The van der Waals surface area contributed by atoms with Crippen molar-refractivity contribution in [1.29, 1.82) is 0 Å². The molecule has 0 aliphatic heterocycles. The summed E-state index contributed by atoms with van der Waals surface area (Å²) in [6.07, 6.45) is -2.90. The van der Waals surface area contributed by atoms with Gasteiger partial charge in [0.05, 0.1) is 0 Å². The van der Waals surface area contributed by atoms with Gasteiger partial charge in [-0.15, -0.1) is 0 Å². The van der Waals surface area contributed by atoms with Crippen LogP contribution in [0, 0.1) is 0 Å². The third-order valence-corrected chi connectivity index (χ3v) is 2.40. The summed E-state index contributed by atoms with van der Waals surface area (Å²) >= 11 is 0. The smallest absolute Gasteiger partial charge is 0.405 e. The van der Waals surface area contributed by atoms with Crippen molar-refractivity contribution in [2.75, 3.05) is 11.9 Å². The first kappa shape index (κ1) is 15.6. The lowest BCUT2D eigenvalue weighted by Gasteiger charge is -2.11. The molecule has 116 valence electrons. The van der Waals surface area contributed by atoms with Gasteiger partial charge in [0.15, 0.2) is 0 Å². The molecule has 8 heteroatoms. The predicted molar refractivity (Wildman–Crippen MR) is 73.8 cm³/mol. The van der Waals surface area contributed by atoms with Crippen molar-refractivity contribution in [3.05, 3.63) is 48.7 Å². The van der Waals surface area contributed by atoms with E-state index in [0.717, 1.165) is 0 Å². The molecule has 0 aliphatic rings. The fourth-order valence-electron chi connectivity index (χ4n) is 1.52. The van der Waals surface area contributed by atoms with Gasteiger partial charge in [-0.1, -0.05) is 12.1 Å². The first-order valence-electron chi connectivity index (χ1n) is 6.23. The Balaban J connectivity index is 1.95. The van der Waals surface area contributed by atoms with Crippen LogP contribution in [0.15, 0.2) is 48.7 Å². The topological polar surface area (TPSA) is 63.2 Å². The Bertz CT molecular complexity index is 633. The number of nitrogens with one attached hydrogen (secondary N) is 2. The number of hydrogen-bond acceptors (Lipinski definition) is 3. The molecule has 1 aromatic heterocycles. The summed E-state index contributed by atoms with van der Waals surface area (Å²) in [5.41, 5.74) is 0.299. The number of carbonyl (C=O) groups excluding carboxylic acids is 1. The van der Waals surface area contributed by atoms with E-state index in [0.29, 0.717) is 17.3 Å². The second-order valence-corrected chi connectivity index (χ2v) is 4.22. The molecule has 22 heavy (non-hydrogen) atoms. The SMILES string of the molecule is O=C(NCC(F)(F)F)Nc1cccc(Oc2ccccn2)c1. The number of rotatable bonds is 4. The van der Waals surface area contributed by atoms with E-state index in [1.807, 2.05) is 0 Å². The maximum absolute atomic E-state index is 12.0. The van der Waals surface area contributed by atoms with Crippen molar-refractivity contribution in [3.8, 4) is 11.6 Å². The Morgan fingerprint density at radius 3 is 2.68 bits per heavy atom. The van der Waals surface area contributed by atoms with Crippen LogP contribution < -0.4 is 15.4 Å². The number of benzene rings is 1. The lowest BCUT2D eigenvalue weighted by molar-refractivity contribution is -0.122. The summed E-state index contributed by atoms with van der Waals surface area (Å²) in [6, 6.07) is 10.4. The highest BCUT2D eigenvalue weighted by Gasteiger charge is 2.27. The molecule has 5 nitrogen and oxygen atoms in total. The van der Waals surface area contributed by atoms with Crippen LogP contribution in [0.5, 0.6) is 11.6 Å². The molecular weight excluding hydrogens is 299 g/mol. The molecule has 0 saturated carbocycles. The van der Waals surface area contributed by atoms with Crippen LogP contribution in [-0.2, 0) is 0 Å². The zero-order valence-electron chi connectivity index (χ0n) is 11.2. The van der Waals surface area contributed by atoms with E-state index in [9.17, 15) is 18.0 Å². The third kappa shape index (κ3) is 5.31. The monoisotopic (exact) mass is 311 g/mol. The highest BCUT2D eigenvalue weighted by atomic mass is 19.4. The molecule has 1 aromatic carbocycles. The van der Waals surface area contributed by atoms with Crippen LogP contribution >= 0.6 is 0 Å². The van der Waals surface area contributed by atoms with Gasteiger partial charge in [-0.25, -0.2) is 9.78 Å². The van der Waals surface area contributed by atoms with Gasteiger partial charge in [0, 0.05) is 24.0 Å². The second kappa shape index (κ2) is 6.79. The van der Waals surface area contributed by atoms with E-state index in [1.165, 1.54) is 12.1 Å². The average molecular weight is 311 g/mol. The van der Waals surface area contributed by atoms with Crippen molar-refractivity contribution < 1.29 is 22.7 Å². The number of urea groups is 1. The number of ether oxygens (including phenoxy) is 1. The van der Waals surface area contributed by atoms with Crippen molar-refractivity contribution >= 4 is 11.7 Å². The van der Waals surface area contributed by atoms with Crippen molar-refractivity contribution in [3.63, 3.8) is 0 Å². The molecule has 0 atom stereocenters. The van der Waals surface area contributed by atoms with Gasteiger partial charge in [0.1, 0.15) is 12.3 Å². The highest BCUT2D eigenvalue weighted by Crippen LogP contribution is 2.22. The van der Waals surface area contributed by atoms with Crippen LogP contribution in [0.25, 0.3) is 0 Å². The molecule has 0 fully saturated rings. The molecule has 2 amide bonds. The van der Waals surface area contributed by atoms with Gasteiger partial charge in [-0.3, -0.25) is 0 Å². The van der Waals surface area contributed by atoms with Crippen LogP contribution in [0.3, 0.4) is 0 Å². The molecule has 0 spiro atoms. The summed E-state index contributed by atoms with van der Waals surface area (Å²) in [7, 11) is 0. The summed E-state index contributed by atoms with van der Waals surface area (Å²) in [5, 5.41) is 4.00. The lowest BCUT2D eigenvalue weighted by Crippen LogP contribution is -2.36. The Labute approximate surface area is 124 Å². The molecule has 2 N–H and O–H groups in total. The minimum atomic E-state index is -4.46. The minimum Gasteiger partial charge on any atom is -0.439 e. The largest absolute Gasteiger partial charge is 0.439 e. The van der Waals surface area contributed by atoms with Gasteiger partial charge in [-0.05, 0) is 18.2 Å². The van der Waals surface area contributed by atoms with Crippen molar-refractivity contribution in [1.82, 2.24) is 10.3 Å². The zero-order chi connectivity index (χ0) is 16.0. The molecule has 0 saturated heterocycles. The Morgan fingerprint density at radius 1 is 1.18 bits per heavy atom. The summed E-state index contributed by atoms with van der Waals surface area (Å²) < 4.78 is 41.4. The Kier molecular flexibility index (Phi) is 4.82. The third-order valence-electron chi connectivity index (χ3n) is 2.40. The molecule has 0 unspecified atom stereocenters. The molecule has 0 bridgehead atoms. The Hall–Kier alpha value is -2.77. The van der Waals surface area contributed by atoms with E-state index >= 15 is 0 Å². The predicted octanol–water partition coefficient (Wildman–Crippen LogP) is 3.56. The number of amides is 2. The second-order valence-electron chi connectivity index (χ2n) is 4.22. The fraction of sp³-hybridized carbons (Fsp3) is 0.143. The number of halogens is 3. The van der Waals surface area contributed by atoms with Gasteiger partial charge < -0.3 is 15.4 Å². The maximum Gasteiger partial charge on any atom is 0.405 e. The molecule has 0 aliphatic carbocycles. The van der Waals surface area contributed by atoms with E-state index < -0.39 is 18.8 Å². The number of anilines is 1. The van der Waals surface area contributed by atoms with Crippen molar-refractivity contribution in [2.24, 2.45) is 0 Å². The zero-order valence-corrected chi connectivity index (χ0v) is 11.2. The van der Waals surface area contributed by atoms with Crippen LogP contribution in [0.2, 0.25) is 0 Å². The average Bonchev–Trinajstić information content (AvgIpc) is 2.46. The summed E-state index contributed by atoms with van der Waals surface area (Å²) in [5.74, 6) is 0.758. The van der Waals surface area contributed by atoms with E-state index in [1.54, 1.807) is 41.8 Å². The first-order chi connectivity index (χ1) is 10.4. The number of aromatic nitrogens is 1. The van der Waals surface area contributed by atoms with Crippen LogP contribution in [0.1, 0.15) is 0 Å². The normalized spacial score (nSPS) is 10.9. The van der Waals surface area contributed by atoms with Crippen molar-refractivity contribution in [2.45, 2.75) is 6.18 Å². The lowest BCUT2D eigenvalue weighted by atomic mass is 10.3. The Morgan fingerprint density at radius 2 is 2.00 bits per heavy atom. The fourth-order valence-corrected chi connectivity index (χ4v) is 1.52. The van der Waals surface area contributed by atoms with Gasteiger partial charge in [0.25, 0.3) is 0 Å². The van der Waals surface area contributed by atoms with Gasteiger partial charge in [0.2, 0.25) is 5.88 Å². The number of nitrogens with zero attached hydrogens (tertiary/aromatic N) is 1. The number of alkyl halides is 3. The minimum absolute atomic E-state index is 0.299. The molecular formula is C14H12F3N3O2. The summed E-state index contributed by atoms with van der Waals surface area (Å²) in [4.78, 5) is 15.3. The number of carbonyl (C=O) groups is 1. The van der Waals surface area contributed by atoms with Gasteiger partial charge in [-0.2, -0.15) is 13.2 Å². The molecule has 2 aromatic rings. The highest BCUT2D eigenvalue weighted by molar-refractivity contribution is 5.89. The molecule has 2 rings (SSSR count). The summed E-state index contributed by atoms with van der Waals surface area (Å²) in [6.45, 7) is -1.40. The quantitative estimate of drug-likeness (QED) is 0.907. The van der Waals surface area contributed by atoms with E-state index in [2.05, 4.69) is 10.3 Å².